The third kappa shape index (κ3) is 5.84. The quantitative estimate of drug-likeness (QED) is 0.202. The van der Waals surface area contributed by atoms with Gasteiger partial charge >= 0.3 is 5.97 Å². The average Bonchev–Trinajstić information content (AvgIpc) is 3.44. The fourth-order valence-corrected chi connectivity index (χ4v) is 3.52. The van der Waals surface area contributed by atoms with Gasteiger partial charge in [-0.05, 0) is 19.3 Å². The number of anilines is 3. The lowest BCUT2D eigenvalue weighted by atomic mass is 10.1. The Morgan fingerprint density at radius 1 is 1.14 bits per heavy atom. The minimum atomic E-state index is -0.501. The molecule has 3 aromatic heterocycles. The number of hydrogen-bond acceptors (Lipinski definition) is 9. The SMILES string of the molecule is CCCCOC(=O)c1cc(Nc2cc(C3CC3)[nH]n2)nc(NCc2cc(-c3ccccc3)no2)n1. The second kappa shape index (κ2) is 10.4. The highest BCUT2D eigenvalue weighted by Crippen LogP contribution is 2.39. The molecule has 0 aliphatic heterocycles. The summed E-state index contributed by atoms with van der Waals surface area (Å²) in [5, 5.41) is 17.8. The molecule has 0 unspecified atom stereocenters. The van der Waals surface area contributed by atoms with Crippen LogP contribution in [0.25, 0.3) is 11.3 Å². The van der Waals surface area contributed by atoms with Gasteiger partial charge in [-0.2, -0.15) is 10.1 Å². The summed E-state index contributed by atoms with van der Waals surface area (Å²) >= 11 is 0. The lowest BCUT2D eigenvalue weighted by Crippen LogP contribution is -2.13. The van der Waals surface area contributed by atoms with Crippen molar-refractivity contribution in [2.24, 2.45) is 0 Å². The van der Waals surface area contributed by atoms with Gasteiger partial charge in [-0.1, -0.05) is 48.8 Å². The van der Waals surface area contributed by atoms with Crippen molar-refractivity contribution in [2.75, 3.05) is 17.2 Å². The van der Waals surface area contributed by atoms with Crippen molar-refractivity contribution in [3.05, 3.63) is 65.7 Å². The van der Waals surface area contributed by atoms with Crippen molar-refractivity contribution in [3.63, 3.8) is 0 Å². The Labute approximate surface area is 202 Å². The molecule has 1 aliphatic rings. The number of esters is 1. The van der Waals surface area contributed by atoms with Gasteiger partial charge in [-0.25, -0.2) is 9.78 Å². The van der Waals surface area contributed by atoms with Gasteiger partial charge in [0.25, 0.3) is 0 Å². The highest BCUT2D eigenvalue weighted by atomic mass is 16.5. The van der Waals surface area contributed by atoms with Crippen LogP contribution in [0.2, 0.25) is 0 Å². The highest BCUT2D eigenvalue weighted by molar-refractivity contribution is 5.88. The molecule has 180 valence electrons. The van der Waals surface area contributed by atoms with E-state index in [1.54, 1.807) is 6.07 Å². The second-order valence-corrected chi connectivity index (χ2v) is 8.46. The van der Waals surface area contributed by atoms with Gasteiger partial charge in [0.05, 0.1) is 13.2 Å². The number of carbonyl (C=O) groups excluding carboxylic acids is 1. The van der Waals surface area contributed by atoms with Gasteiger partial charge in [0, 0.05) is 35.4 Å². The number of benzene rings is 1. The lowest BCUT2D eigenvalue weighted by molar-refractivity contribution is 0.0493. The molecule has 1 saturated carbocycles. The molecule has 0 bridgehead atoms. The molecular formula is C25H27N7O3. The van der Waals surface area contributed by atoms with Crippen molar-refractivity contribution < 1.29 is 14.1 Å². The molecule has 0 radical (unpaired) electrons. The van der Waals surface area contributed by atoms with Crippen LogP contribution in [0.15, 0.2) is 53.1 Å². The lowest BCUT2D eigenvalue weighted by Gasteiger charge is -2.09. The van der Waals surface area contributed by atoms with Gasteiger partial charge < -0.3 is 19.9 Å². The molecule has 1 fully saturated rings. The molecule has 5 rings (SSSR count). The van der Waals surface area contributed by atoms with E-state index in [-0.39, 0.29) is 11.6 Å². The molecule has 0 saturated heterocycles. The molecule has 4 aromatic rings. The van der Waals surface area contributed by atoms with E-state index in [9.17, 15) is 4.79 Å². The first-order chi connectivity index (χ1) is 17.2. The van der Waals surface area contributed by atoms with Crippen LogP contribution in [0.1, 0.15) is 60.5 Å². The summed E-state index contributed by atoms with van der Waals surface area (Å²) in [6.45, 7) is 2.67. The number of carbonyl (C=O) groups is 1. The second-order valence-electron chi connectivity index (χ2n) is 8.46. The molecule has 0 amide bonds. The Bertz CT molecular complexity index is 1280. The van der Waals surface area contributed by atoms with E-state index in [2.05, 4.69) is 36.0 Å². The van der Waals surface area contributed by atoms with Crippen LogP contribution in [0.5, 0.6) is 0 Å². The van der Waals surface area contributed by atoms with Crippen LogP contribution in [-0.2, 0) is 11.3 Å². The summed E-state index contributed by atoms with van der Waals surface area (Å²) in [7, 11) is 0. The van der Waals surface area contributed by atoms with E-state index in [1.165, 1.54) is 12.8 Å². The summed E-state index contributed by atoms with van der Waals surface area (Å²) in [4.78, 5) is 21.4. The van der Waals surface area contributed by atoms with Crippen LogP contribution < -0.4 is 10.6 Å². The number of nitrogens with zero attached hydrogens (tertiary/aromatic N) is 4. The Hall–Kier alpha value is -4.21. The molecule has 0 atom stereocenters. The number of H-pyrrole nitrogens is 1. The van der Waals surface area contributed by atoms with Crippen molar-refractivity contribution in [2.45, 2.75) is 45.1 Å². The first-order valence-corrected chi connectivity index (χ1v) is 11.8. The van der Waals surface area contributed by atoms with E-state index < -0.39 is 5.97 Å². The third-order valence-corrected chi connectivity index (χ3v) is 5.59. The molecule has 0 spiro atoms. The van der Waals surface area contributed by atoms with Gasteiger partial charge in [0.15, 0.2) is 17.3 Å². The molecule has 1 aromatic carbocycles. The van der Waals surface area contributed by atoms with Crippen LogP contribution in [0.4, 0.5) is 17.6 Å². The summed E-state index contributed by atoms with van der Waals surface area (Å²) < 4.78 is 10.8. The molecule has 10 heteroatoms. The zero-order valence-corrected chi connectivity index (χ0v) is 19.5. The molecule has 3 N–H and O–H groups in total. The van der Waals surface area contributed by atoms with Gasteiger partial charge in [0.1, 0.15) is 11.5 Å². The summed E-state index contributed by atoms with van der Waals surface area (Å²) in [5.41, 5.74) is 2.95. The van der Waals surface area contributed by atoms with E-state index in [1.807, 2.05) is 49.4 Å². The maximum atomic E-state index is 12.6. The Kier molecular flexibility index (Phi) is 6.69. The largest absolute Gasteiger partial charge is 0.461 e. The van der Waals surface area contributed by atoms with Gasteiger partial charge in [-0.15, -0.1) is 0 Å². The topological polar surface area (TPSA) is 131 Å². The fraction of sp³-hybridized carbons (Fsp3) is 0.320. The summed E-state index contributed by atoms with van der Waals surface area (Å²) in [5.74, 6) is 1.98. The molecule has 35 heavy (non-hydrogen) atoms. The van der Waals surface area contributed by atoms with Crippen molar-refractivity contribution in [1.29, 1.82) is 0 Å². The molecule has 1 aliphatic carbocycles. The Morgan fingerprint density at radius 2 is 2.00 bits per heavy atom. The smallest absolute Gasteiger partial charge is 0.357 e. The zero-order chi connectivity index (χ0) is 24.0. The average molecular weight is 474 g/mol. The number of unbranched alkanes of at least 4 members (excludes halogenated alkanes) is 1. The first-order valence-electron chi connectivity index (χ1n) is 11.8. The van der Waals surface area contributed by atoms with Crippen LogP contribution >= 0.6 is 0 Å². The number of hydrogen-bond donors (Lipinski definition) is 3. The van der Waals surface area contributed by atoms with Crippen LogP contribution in [0.3, 0.4) is 0 Å². The monoisotopic (exact) mass is 473 g/mol. The van der Waals surface area contributed by atoms with Crippen molar-refractivity contribution >= 4 is 23.6 Å². The fourth-order valence-electron chi connectivity index (χ4n) is 3.52. The summed E-state index contributed by atoms with van der Waals surface area (Å²) in [6.07, 6.45) is 4.07. The Balaban J connectivity index is 1.32. The van der Waals surface area contributed by atoms with Gasteiger partial charge in [-0.3, -0.25) is 5.10 Å². The number of ether oxygens (including phenoxy) is 1. The van der Waals surface area contributed by atoms with Crippen LogP contribution in [0, 0.1) is 0 Å². The number of rotatable bonds is 11. The van der Waals surface area contributed by atoms with E-state index >= 15 is 0 Å². The Morgan fingerprint density at radius 3 is 2.80 bits per heavy atom. The van der Waals surface area contributed by atoms with Crippen LogP contribution in [-0.4, -0.2) is 37.9 Å². The maximum absolute atomic E-state index is 12.6. The number of nitrogens with one attached hydrogen (secondary N) is 3. The standard InChI is InChI=1S/C25H27N7O3/c1-2-3-11-34-24(33)21-14-22(28-23-13-19(30-31-23)17-9-10-17)29-25(27-21)26-15-18-12-20(32-35-18)16-7-5-4-6-8-16/h4-8,12-14,17H,2-3,9-11,15H2,1H3,(H3,26,27,28,29,30,31). The first kappa shape index (κ1) is 22.6. The minimum absolute atomic E-state index is 0.154. The predicted molar refractivity (Wildman–Crippen MR) is 130 cm³/mol. The van der Waals surface area contributed by atoms with Crippen molar-refractivity contribution in [1.82, 2.24) is 25.3 Å². The normalized spacial score (nSPS) is 12.9. The number of aromatic amines is 1. The van der Waals surface area contributed by atoms with E-state index in [0.29, 0.717) is 36.5 Å². The minimum Gasteiger partial charge on any atom is -0.461 e. The highest BCUT2D eigenvalue weighted by Gasteiger charge is 2.25. The van der Waals surface area contributed by atoms with E-state index in [0.717, 1.165) is 29.8 Å². The maximum Gasteiger partial charge on any atom is 0.357 e. The van der Waals surface area contributed by atoms with Gasteiger partial charge in [0.2, 0.25) is 5.95 Å². The molecule has 10 nitrogen and oxygen atoms in total. The molecule has 3 heterocycles. The predicted octanol–water partition coefficient (Wildman–Crippen LogP) is 5.04. The third-order valence-electron chi connectivity index (χ3n) is 5.59. The number of aromatic nitrogens is 5. The van der Waals surface area contributed by atoms with Crippen molar-refractivity contribution in [3.8, 4) is 11.3 Å². The zero-order valence-electron chi connectivity index (χ0n) is 19.5. The summed E-state index contributed by atoms with van der Waals surface area (Å²) in [6, 6.07) is 15.2. The van der Waals surface area contributed by atoms with E-state index in [4.69, 9.17) is 9.26 Å². The molecular weight excluding hydrogens is 446 g/mol.